The summed E-state index contributed by atoms with van der Waals surface area (Å²) in [4.78, 5) is 53.7. The Labute approximate surface area is 195 Å². The number of piperidine rings is 1. The highest BCUT2D eigenvalue weighted by atomic mass is 16.7. The van der Waals surface area contributed by atoms with Crippen LogP contribution in [-0.2, 0) is 22.7 Å². The van der Waals surface area contributed by atoms with Gasteiger partial charge in [-0.3, -0.25) is 19.3 Å². The molecule has 34 heavy (non-hydrogen) atoms. The van der Waals surface area contributed by atoms with Crippen molar-refractivity contribution in [1.29, 1.82) is 0 Å². The number of hydrogen-bond acceptors (Lipinski definition) is 6. The molecule has 4 aliphatic heterocycles. The van der Waals surface area contributed by atoms with Gasteiger partial charge in [0, 0.05) is 37.3 Å². The lowest BCUT2D eigenvalue weighted by Crippen LogP contribution is -2.50. The second-order valence-corrected chi connectivity index (χ2v) is 9.32. The highest BCUT2D eigenvalue weighted by Crippen LogP contribution is 2.36. The van der Waals surface area contributed by atoms with Crippen molar-refractivity contribution in [2.75, 3.05) is 19.9 Å². The minimum atomic E-state index is -0.884. The zero-order chi connectivity index (χ0) is 23.4. The van der Waals surface area contributed by atoms with E-state index in [-0.39, 0.29) is 43.1 Å². The van der Waals surface area contributed by atoms with Crippen molar-refractivity contribution in [2.45, 2.75) is 37.9 Å². The number of pyridine rings is 1. The Hall–Kier alpha value is -3.82. The predicted octanol–water partition coefficient (Wildman–Crippen LogP) is 1.03. The van der Waals surface area contributed by atoms with Crippen LogP contribution < -0.4 is 20.3 Å². The molecule has 2 saturated heterocycles. The maximum absolute atomic E-state index is 13.1. The Balaban J connectivity index is 1.12. The second kappa shape index (κ2) is 7.89. The number of carbonyl (C=O) groups excluding carboxylic acids is 3. The molecule has 2 fully saturated rings. The number of ether oxygens (including phenoxy) is 2. The fourth-order valence-corrected chi connectivity index (χ4v) is 5.49. The summed E-state index contributed by atoms with van der Waals surface area (Å²) in [7, 11) is 0. The first-order valence-electron chi connectivity index (χ1n) is 11.4. The number of rotatable bonds is 4. The number of aromatic nitrogens is 1. The zero-order valence-corrected chi connectivity index (χ0v) is 18.4. The molecule has 0 radical (unpaired) electrons. The van der Waals surface area contributed by atoms with E-state index in [1.165, 1.54) is 0 Å². The Bertz CT molecular complexity index is 1260. The number of amides is 4. The first kappa shape index (κ1) is 20.8. The molecule has 2 bridgehead atoms. The van der Waals surface area contributed by atoms with Crippen molar-refractivity contribution in [2.24, 2.45) is 5.92 Å². The minimum absolute atomic E-state index is 0.00575. The number of carbonyl (C=O) groups is 3. The summed E-state index contributed by atoms with van der Waals surface area (Å²) < 4.78 is 12.5. The number of nitrogens with one attached hydrogen (secondary N) is 1. The van der Waals surface area contributed by atoms with Gasteiger partial charge in [-0.1, -0.05) is 12.1 Å². The van der Waals surface area contributed by atoms with Gasteiger partial charge in [0.25, 0.3) is 11.5 Å². The lowest BCUT2D eigenvalue weighted by molar-refractivity contribution is -0.137. The Kier molecular flexibility index (Phi) is 4.82. The van der Waals surface area contributed by atoms with Crippen LogP contribution in [0.25, 0.3) is 0 Å². The molecule has 2 aromatic rings. The molecule has 4 aliphatic rings. The lowest BCUT2D eigenvalue weighted by atomic mass is 9.83. The first-order chi connectivity index (χ1) is 16.5. The van der Waals surface area contributed by atoms with Crippen LogP contribution in [0.15, 0.2) is 41.2 Å². The van der Waals surface area contributed by atoms with E-state index in [0.29, 0.717) is 31.1 Å². The van der Waals surface area contributed by atoms with Crippen LogP contribution in [0, 0.1) is 5.92 Å². The van der Waals surface area contributed by atoms with Crippen LogP contribution >= 0.6 is 0 Å². The fraction of sp³-hybridized carbons (Fsp3) is 0.417. The van der Waals surface area contributed by atoms with Gasteiger partial charge in [0.1, 0.15) is 6.04 Å². The van der Waals surface area contributed by atoms with E-state index in [0.717, 1.165) is 22.6 Å². The summed E-state index contributed by atoms with van der Waals surface area (Å²) in [6.45, 7) is 1.89. The van der Waals surface area contributed by atoms with Gasteiger partial charge >= 0.3 is 6.03 Å². The molecule has 6 rings (SSSR count). The third kappa shape index (κ3) is 3.49. The van der Waals surface area contributed by atoms with Crippen LogP contribution in [0.5, 0.6) is 11.5 Å². The third-order valence-electron chi connectivity index (χ3n) is 7.10. The van der Waals surface area contributed by atoms with E-state index in [1.54, 1.807) is 35.2 Å². The van der Waals surface area contributed by atoms with Gasteiger partial charge in [0.2, 0.25) is 12.7 Å². The fourth-order valence-electron chi connectivity index (χ4n) is 5.49. The number of urea groups is 1. The molecule has 10 heteroatoms. The van der Waals surface area contributed by atoms with Gasteiger partial charge in [0.15, 0.2) is 11.5 Å². The summed E-state index contributed by atoms with van der Waals surface area (Å²) in [5, 5.41) is 2.66. The molecular formula is C24H24N4O6. The first-order valence-corrected chi connectivity index (χ1v) is 11.4. The van der Waals surface area contributed by atoms with Crippen LogP contribution in [-0.4, -0.2) is 58.1 Å². The highest BCUT2D eigenvalue weighted by Gasteiger charge is 2.42. The van der Waals surface area contributed by atoms with Crippen LogP contribution in [0.3, 0.4) is 0 Å². The maximum atomic E-state index is 13.1. The van der Waals surface area contributed by atoms with Crippen LogP contribution in [0.2, 0.25) is 0 Å². The van der Waals surface area contributed by atoms with Crippen molar-refractivity contribution in [3.05, 3.63) is 58.0 Å². The average molecular weight is 464 g/mol. The monoisotopic (exact) mass is 464 g/mol. The molecule has 1 aromatic carbocycles. The predicted molar refractivity (Wildman–Crippen MR) is 118 cm³/mol. The van der Waals surface area contributed by atoms with E-state index in [2.05, 4.69) is 5.32 Å². The molecule has 0 unspecified atom stereocenters. The van der Waals surface area contributed by atoms with Crippen LogP contribution in [0.4, 0.5) is 4.79 Å². The lowest BCUT2D eigenvalue weighted by Gasteiger charge is -2.43. The van der Waals surface area contributed by atoms with Gasteiger partial charge in [0.05, 0.1) is 13.0 Å². The van der Waals surface area contributed by atoms with E-state index >= 15 is 0 Å². The molecule has 1 N–H and O–H groups in total. The van der Waals surface area contributed by atoms with E-state index in [9.17, 15) is 19.2 Å². The smallest absolute Gasteiger partial charge is 0.325 e. The van der Waals surface area contributed by atoms with Crippen LogP contribution in [0.1, 0.15) is 30.0 Å². The summed E-state index contributed by atoms with van der Waals surface area (Å²) >= 11 is 0. The number of likely N-dealkylation sites (tertiary alicyclic amines) is 1. The molecule has 176 valence electrons. The molecular weight excluding hydrogens is 440 g/mol. The van der Waals surface area contributed by atoms with Gasteiger partial charge in [-0.25, -0.2) is 4.79 Å². The summed E-state index contributed by atoms with van der Waals surface area (Å²) in [5.41, 5.74) is 1.69. The largest absolute Gasteiger partial charge is 0.454 e. The highest BCUT2D eigenvalue weighted by molar-refractivity contribution is 6.05. The van der Waals surface area contributed by atoms with Gasteiger partial charge in [-0.05, 0) is 36.1 Å². The molecule has 3 atom stereocenters. The van der Waals surface area contributed by atoms with Crippen molar-refractivity contribution in [3.8, 4) is 11.5 Å². The molecule has 5 heterocycles. The molecule has 1 aromatic heterocycles. The van der Waals surface area contributed by atoms with Gasteiger partial charge in [-0.2, -0.15) is 0 Å². The summed E-state index contributed by atoms with van der Waals surface area (Å²) in [6.07, 6.45) is 0.860. The van der Waals surface area contributed by atoms with Crippen molar-refractivity contribution < 1.29 is 23.9 Å². The summed E-state index contributed by atoms with van der Waals surface area (Å²) in [6, 6.07) is 9.16. The van der Waals surface area contributed by atoms with E-state index in [1.807, 2.05) is 10.6 Å². The van der Waals surface area contributed by atoms with E-state index < -0.39 is 18.0 Å². The Morgan fingerprint density at radius 3 is 2.76 bits per heavy atom. The topological polar surface area (TPSA) is 110 Å². The standard InChI is InChI=1S/C24H24N4O6/c29-21-3-1-2-18-16-6-15(11-27(18)21)9-26(12-16)22(30)8-17-23(31)28(24(32)25-17)10-14-4-5-19-20(7-14)34-13-33-19/h1-5,7,15-17H,6,8-13H2,(H,25,32)/t15-,16+,17-/m1/s1. The zero-order valence-electron chi connectivity index (χ0n) is 18.4. The minimum Gasteiger partial charge on any atom is -0.454 e. The Morgan fingerprint density at radius 2 is 1.88 bits per heavy atom. The van der Waals surface area contributed by atoms with Crippen molar-refractivity contribution >= 4 is 17.8 Å². The second-order valence-electron chi connectivity index (χ2n) is 9.32. The number of nitrogens with zero attached hydrogens (tertiary/aromatic N) is 3. The quantitative estimate of drug-likeness (QED) is 0.677. The number of imide groups is 1. The summed E-state index contributed by atoms with van der Waals surface area (Å²) in [5.74, 6) is 0.933. The normalized spacial score (nSPS) is 24.8. The van der Waals surface area contributed by atoms with E-state index in [4.69, 9.17) is 9.47 Å². The molecule has 0 spiro atoms. The molecule has 4 amide bonds. The number of hydrogen-bond donors (Lipinski definition) is 1. The molecule has 0 aliphatic carbocycles. The number of fused-ring (bicyclic) bond motifs is 5. The van der Waals surface area contributed by atoms with Crippen molar-refractivity contribution in [1.82, 2.24) is 19.7 Å². The molecule has 10 nitrogen and oxygen atoms in total. The average Bonchev–Trinajstić information content (AvgIpc) is 3.39. The van der Waals surface area contributed by atoms with Crippen molar-refractivity contribution in [3.63, 3.8) is 0 Å². The van der Waals surface area contributed by atoms with Gasteiger partial charge < -0.3 is 24.3 Å². The molecule has 0 saturated carbocycles. The third-order valence-corrected chi connectivity index (χ3v) is 7.10. The number of benzene rings is 1. The Morgan fingerprint density at radius 1 is 1.03 bits per heavy atom. The maximum Gasteiger partial charge on any atom is 0.325 e. The SMILES string of the molecule is O=C(C[C@H]1NC(=O)N(Cc2ccc3c(c2)OCO3)C1=O)N1C[C@H]2C[C@@H](C1)c1cccc(=O)n1C2. The van der Waals surface area contributed by atoms with Gasteiger partial charge in [-0.15, -0.1) is 0 Å².